The number of carboxylic acid groups (broad SMARTS) is 1. The van der Waals surface area contributed by atoms with Crippen LogP contribution in [0.4, 0.5) is 11.4 Å². The highest BCUT2D eigenvalue weighted by Crippen LogP contribution is 2.42. The maximum absolute atomic E-state index is 14.8. The largest absolute Gasteiger partial charge is 0.545 e. The highest BCUT2D eigenvalue weighted by Gasteiger charge is 2.24. The van der Waals surface area contributed by atoms with Crippen molar-refractivity contribution in [3.8, 4) is 22.5 Å². The van der Waals surface area contributed by atoms with Crippen LogP contribution in [-0.4, -0.2) is 69.6 Å². The molecule has 0 spiro atoms. The number of nitrogens with one attached hydrogen (secondary N) is 1. The number of hydrogen-bond donors (Lipinski definition) is 1. The quantitative estimate of drug-likeness (QED) is 0.0620. The molecular formula is C60H55N5O4. The number of carbonyl (C=O) groups is 2. The summed E-state index contributed by atoms with van der Waals surface area (Å²) < 4.78 is 8.53. The van der Waals surface area contributed by atoms with Crippen LogP contribution in [0.2, 0.25) is 0 Å². The molecule has 344 valence electrons. The van der Waals surface area contributed by atoms with E-state index in [0.29, 0.717) is 54.1 Å². The first-order chi connectivity index (χ1) is 33.6. The van der Waals surface area contributed by atoms with Crippen LogP contribution in [0, 0.1) is 0 Å². The molecule has 1 aliphatic heterocycles. The third kappa shape index (κ3) is 8.96. The van der Waals surface area contributed by atoms with Crippen LogP contribution in [0.1, 0.15) is 52.0 Å². The van der Waals surface area contributed by atoms with Gasteiger partial charge in [0, 0.05) is 90.0 Å². The molecule has 0 atom stereocenters. The summed E-state index contributed by atoms with van der Waals surface area (Å²) in [6, 6.07) is 52.7. The Labute approximate surface area is 401 Å². The minimum Gasteiger partial charge on any atom is -0.545 e. The van der Waals surface area contributed by atoms with E-state index in [1.807, 2.05) is 115 Å². The summed E-state index contributed by atoms with van der Waals surface area (Å²) in [4.78, 5) is 36.9. The molecule has 0 unspecified atom stereocenters. The van der Waals surface area contributed by atoms with Gasteiger partial charge in [0.1, 0.15) is 25.4 Å². The molecule has 10 rings (SSSR count). The molecule has 2 aliphatic rings. The molecule has 1 amide bonds. The number of benzene rings is 8. The van der Waals surface area contributed by atoms with Crippen LogP contribution < -0.4 is 25.3 Å². The van der Waals surface area contributed by atoms with E-state index in [9.17, 15) is 14.7 Å². The number of amides is 1. The fourth-order valence-corrected chi connectivity index (χ4v) is 9.95. The van der Waals surface area contributed by atoms with E-state index in [0.717, 1.165) is 75.2 Å². The van der Waals surface area contributed by atoms with Gasteiger partial charge in [0.15, 0.2) is 0 Å². The number of fused-ring (bicyclic) bond motifs is 6. The van der Waals surface area contributed by atoms with Gasteiger partial charge in [-0.05, 0) is 107 Å². The Kier molecular flexibility index (Phi) is 12.5. The summed E-state index contributed by atoms with van der Waals surface area (Å²) in [7, 11) is 7.87. The van der Waals surface area contributed by atoms with Crippen molar-refractivity contribution in [3.63, 3.8) is 0 Å². The second-order valence-electron chi connectivity index (χ2n) is 18.4. The number of carboxylic acids is 1. The lowest BCUT2D eigenvalue weighted by atomic mass is 9.89. The lowest BCUT2D eigenvalue weighted by Crippen LogP contribution is -2.34. The van der Waals surface area contributed by atoms with E-state index in [4.69, 9.17) is 9.40 Å². The molecule has 0 saturated carbocycles. The molecule has 1 N–H and O–H groups in total. The molecular weight excluding hydrogens is 855 g/mol. The molecule has 9 heteroatoms. The smallest absolute Gasteiger partial charge is 0.253 e. The fraction of sp³-hybridized carbons (Fsp3) is 0.200. The molecule has 1 aliphatic carbocycles. The number of rotatable bonds is 15. The zero-order chi connectivity index (χ0) is 47.6. The van der Waals surface area contributed by atoms with E-state index in [2.05, 4.69) is 72.0 Å². The van der Waals surface area contributed by atoms with Gasteiger partial charge in [0.25, 0.3) is 5.91 Å². The average molecular weight is 910 g/mol. The van der Waals surface area contributed by atoms with E-state index in [-0.39, 0.29) is 11.5 Å². The lowest BCUT2D eigenvalue weighted by Gasteiger charge is -2.25. The van der Waals surface area contributed by atoms with Gasteiger partial charge in [-0.3, -0.25) is 4.79 Å². The van der Waals surface area contributed by atoms with E-state index in [1.165, 1.54) is 33.2 Å². The predicted octanol–water partition coefficient (Wildman–Crippen LogP) is 11.0. The van der Waals surface area contributed by atoms with Crippen LogP contribution in [0.3, 0.4) is 0 Å². The number of aromatic nitrogens is 1. The average Bonchev–Trinajstić information content (AvgIpc) is 3.37. The molecule has 2 heterocycles. The van der Waals surface area contributed by atoms with Crippen molar-refractivity contribution in [3.05, 3.63) is 180 Å². The summed E-state index contributed by atoms with van der Waals surface area (Å²) in [5.41, 5.74) is 7.95. The van der Waals surface area contributed by atoms with E-state index < -0.39 is 5.97 Å². The number of pyridine rings is 1. The molecule has 0 radical (unpaired) electrons. The van der Waals surface area contributed by atoms with Crippen molar-refractivity contribution in [2.24, 2.45) is 0 Å². The summed E-state index contributed by atoms with van der Waals surface area (Å²) in [5.74, 6) is -0.955. The predicted molar refractivity (Wildman–Crippen MR) is 281 cm³/mol. The van der Waals surface area contributed by atoms with Crippen LogP contribution in [0.25, 0.3) is 76.8 Å². The third-order valence-electron chi connectivity index (χ3n) is 13.5. The Bertz CT molecular complexity index is 3520. The molecule has 7 aromatic carbocycles. The summed E-state index contributed by atoms with van der Waals surface area (Å²) in [5, 5.41) is 25.8. The number of anilines is 2. The second-order valence-corrected chi connectivity index (χ2v) is 18.4. The number of unbranched alkanes of at least 4 members (excludes halogenated alkanes) is 2. The van der Waals surface area contributed by atoms with Crippen molar-refractivity contribution >= 4 is 77.6 Å². The monoisotopic (exact) mass is 909 g/mol. The van der Waals surface area contributed by atoms with Gasteiger partial charge in [-0.25, -0.2) is 9.56 Å². The van der Waals surface area contributed by atoms with Crippen molar-refractivity contribution < 1.29 is 19.1 Å². The second kappa shape index (κ2) is 19.3. The Morgan fingerprint density at radius 2 is 1.28 bits per heavy atom. The molecule has 1 aromatic heterocycles. The van der Waals surface area contributed by atoms with Gasteiger partial charge in [0.2, 0.25) is 5.36 Å². The fourth-order valence-electron chi connectivity index (χ4n) is 9.95. The molecule has 0 saturated heterocycles. The molecule has 8 aromatic rings. The normalized spacial score (nSPS) is 11.5. The zero-order valence-corrected chi connectivity index (χ0v) is 39.6. The van der Waals surface area contributed by atoms with Crippen molar-refractivity contribution in [1.29, 1.82) is 0 Å². The topological polar surface area (TPSA) is 105 Å². The first-order valence-electron chi connectivity index (χ1n) is 23.9. The van der Waals surface area contributed by atoms with Crippen LogP contribution >= 0.6 is 0 Å². The van der Waals surface area contributed by atoms with Crippen molar-refractivity contribution in [2.75, 3.05) is 58.0 Å². The zero-order valence-electron chi connectivity index (χ0n) is 39.6. The maximum atomic E-state index is 14.8. The molecule has 0 bridgehead atoms. The minimum absolute atomic E-state index is 0.0524. The minimum atomic E-state index is -1.36. The number of carbonyl (C=O) groups excluding carboxylic acids is 2. The van der Waals surface area contributed by atoms with Gasteiger partial charge in [0.05, 0.1) is 28.8 Å². The molecule has 69 heavy (non-hydrogen) atoms. The summed E-state index contributed by atoms with van der Waals surface area (Å²) >= 11 is 0. The molecule has 9 nitrogen and oxygen atoms in total. The van der Waals surface area contributed by atoms with Crippen LogP contribution in [0.5, 0.6) is 0 Å². The van der Waals surface area contributed by atoms with Gasteiger partial charge in [-0.1, -0.05) is 97.4 Å². The van der Waals surface area contributed by atoms with Crippen molar-refractivity contribution in [1.82, 2.24) is 14.5 Å². The highest BCUT2D eigenvalue weighted by atomic mass is 16.4. The van der Waals surface area contributed by atoms with Crippen molar-refractivity contribution in [2.45, 2.75) is 32.1 Å². The Morgan fingerprint density at radius 3 is 1.94 bits per heavy atom. The number of aromatic carboxylic acids is 1. The third-order valence-corrected chi connectivity index (χ3v) is 13.5. The van der Waals surface area contributed by atoms with Crippen LogP contribution in [0.15, 0.2) is 162 Å². The van der Waals surface area contributed by atoms with Gasteiger partial charge in [-0.2, -0.15) is 0 Å². The lowest BCUT2D eigenvalue weighted by molar-refractivity contribution is -0.254. The molecule has 0 fully saturated rings. The Hall–Kier alpha value is -8.04. The maximum Gasteiger partial charge on any atom is 0.253 e. The standard InChI is InChI=1S/C60H55N5O4/c1-63(2)42-27-30-50-55(37-42)69-56-38-43(64(3)4)28-31-51(56)57(50)47-29-26-41(36-52(47)60(67)68)59(66)65(34-16-32-61-58-48-22-11-13-24-53(48)62-54-25-14-12-23-49(54)58)33-15-5-6-21-46-44-19-9-7-17-39(44)35-40-18-8-10-20-45(40)46/h7-14,17-20,22-31,35-38H,5-6,15-16,21,32-34H2,1-4H3,(H-,61,62,67,68). The first-order valence-corrected chi connectivity index (χ1v) is 23.9. The number of para-hydroxylation sites is 2. The Balaban J connectivity index is 0.953. The van der Waals surface area contributed by atoms with Gasteiger partial charge in [-0.15, -0.1) is 0 Å². The SMILES string of the molecule is CN(C)c1ccc2c(-c3ccc(C(=O)N(CCCCCc4c5ccccc5cc5ccccc45)CCCNc4c5ccccc5nc5ccccc45)cc3C(=O)[O-])c3ccc(=[N+](C)C)cc-3oc2c1. The first kappa shape index (κ1) is 44.8. The van der Waals surface area contributed by atoms with Crippen LogP contribution in [-0.2, 0) is 6.42 Å². The number of hydrogen-bond acceptors (Lipinski definition) is 7. The summed E-state index contributed by atoms with van der Waals surface area (Å²) in [6.45, 7) is 1.61. The summed E-state index contributed by atoms with van der Waals surface area (Å²) in [6.07, 6.45) is 4.27. The number of aryl methyl sites for hydroxylation is 1. The van der Waals surface area contributed by atoms with E-state index in [1.54, 1.807) is 12.1 Å². The van der Waals surface area contributed by atoms with Gasteiger partial charge < -0.3 is 29.4 Å². The Morgan fingerprint density at radius 1 is 0.638 bits per heavy atom. The van der Waals surface area contributed by atoms with E-state index >= 15 is 0 Å². The highest BCUT2D eigenvalue weighted by molar-refractivity contribution is 6.10. The number of nitrogens with zero attached hydrogens (tertiary/aromatic N) is 4. The van der Waals surface area contributed by atoms with Gasteiger partial charge >= 0.3 is 0 Å².